The molecule has 1 heterocycles. The molecule has 0 atom stereocenters. The van der Waals surface area contributed by atoms with E-state index < -0.39 is 29.6 Å². The van der Waals surface area contributed by atoms with Gasteiger partial charge in [0.15, 0.2) is 6.61 Å². The maximum Gasteiger partial charge on any atom is 0.339 e. The predicted octanol–water partition coefficient (Wildman–Crippen LogP) is 6.33. The van der Waals surface area contributed by atoms with Crippen LogP contribution in [-0.2, 0) is 19.1 Å². The van der Waals surface area contributed by atoms with Gasteiger partial charge in [-0.1, -0.05) is 55.8 Å². The number of benzene rings is 3. The molecule has 228 valence electrons. The molecule has 12 heteroatoms. The molecule has 3 aromatic rings. The van der Waals surface area contributed by atoms with Gasteiger partial charge in [0, 0.05) is 11.4 Å². The van der Waals surface area contributed by atoms with Crippen molar-refractivity contribution in [1.82, 2.24) is 4.90 Å². The summed E-state index contributed by atoms with van der Waals surface area (Å²) in [4.78, 5) is 63.6. The molecule has 4 amide bonds. The first-order chi connectivity index (χ1) is 21.0. The lowest BCUT2D eigenvalue weighted by Crippen LogP contribution is -2.36. The SMILES string of the molecule is CCOC(=O)c1cc(NC(=O)CN2C(=O)S/C(=C/c3ccc(OCC(=O)Nc4ccccc4C(C)C)cc3)C2=O)ccc1Cl. The van der Waals surface area contributed by atoms with Gasteiger partial charge in [0.05, 0.1) is 22.1 Å². The van der Waals surface area contributed by atoms with Crippen molar-refractivity contribution in [3.8, 4) is 5.75 Å². The lowest BCUT2D eigenvalue weighted by molar-refractivity contribution is -0.127. The van der Waals surface area contributed by atoms with E-state index in [0.29, 0.717) is 23.1 Å². The summed E-state index contributed by atoms with van der Waals surface area (Å²) in [7, 11) is 0. The molecule has 10 nitrogen and oxygen atoms in total. The Morgan fingerprint density at radius 3 is 2.41 bits per heavy atom. The third-order valence-electron chi connectivity index (χ3n) is 6.33. The fourth-order valence-corrected chi connectivity index (χ4v) is 5.24. The Morgan fingerprint density at radius 2 is 1.70 bits per heavy atom. The van der Waals surface area contributed by atoms with Crippen molar-refractivity contribution in [2.24, 2.45) is 0 Å². The van der Waals surface area contributed by atoms with E-state index in [4.69, 9.17) is 21.1 Å². The van der Waals surface area contributed by atoms with Crippen LogP contribution in [0.3, 0.4) is 0 Å². The summed E-state index contributed by atoms with van der Waals surface area (Å²) >= 11 is 6.77. The van der Waals surface area contributed by atoms with Crippen LogP contribution in [0.25, 0.3) is 6.08 Å². The van der Waals surface area contributed by atoms with Crippen LogP contribution in [0.1, 0.15) is 48.2 Å². The molecule has 0 bridgehead atoms. The van der Waals surface area contributed by atoms with E-state index in [1.807, 2.05) is 38.1 Å². The van der Waals surface area contributed by atoms with Crippen LogP contribution in [0.2, 0.25) is 5.02 Å². The molecule has 0 aliphatic carbocycles. The second-order valence-corrected chi connectivity index (χ2v) is 11.3. The summed E-state index contributed by atoms with van der Waals surface area (Å²) in [5, 5.41) is 5.00. The van der Waals surface area contributed by atoms with E-state index in [1.165, 1.54) is 24.3 Å². The van der Waals surface area contributed by atoms with Gasteiger partial charge in [-0.15, -0.1) is 0 Å². The minimum atomic E-state index is -0.641. The Balaban J connectivity index is 1.32. The standard InChI is InChI=1S/C32H30ClN3O7S/c1-4-42-31(40)24-16-21(11-14-25(24)33)34-28(37)17-36-30(39)27(44-32(36)41)15-20-9-12-22(13-10-20)43-18-29(38)35-26-8-6-5-7-23(26)19(2)3/h5-16,19H,4,17-18H2,1-3H3,(H,34,37)(H,35,38)/b27-15+. The zero-order valence-electron chi connectivity index (χ0n) is 24.2. The average Bonchev–Trinajstić information content (AvgIpc) is 3.25. The molecule has 0 aromatic heterocycles. The van der Waals surface area contributed by atoms with Gasteiger partial charge < -0.3 is 20.1 Å². The third kappa shape index (κ3) is 8.27. The number of nitrogens with one attached hydrogen (secondary N) is 2. The Hall–Kier alpha value is -4.61. The van der Waals surface area contributed by atoms with Crippen molar-refractivity contribution in [3.63, 3.8) is 0 Å². The van der Waals surface area contributed by atoms with Crippen molar-refractivity contribution in [1.29, 1.82) is 0 Å². The zero-order valence-corrected chi connectivity index (χ0v) is 25.8. The minimum Gasteiger partial charge on any atom is -0.484 e. The Labute approximate surface area is 263 Å². The zero-order chi connectivity index (χ0) is 31.8. The summed E-state index contributed by atoms with van der Waals surface area (Å²) in [6.45, 7) is 5.21. The summed E-state index contributed by atoms with van der Waals surface area (Å²) in [6.07, 6.45) is 1.53. The Bertz CT molecular complexity index is 1620. The number of imide groups is 1. The Kier molecular flexibility index (Phi) is 10.8. The third-order valence-corrected chi connectivity index (χ3v) is 7.56. The highest BCUT2D eigenvalue weighted by molar-refractivity contribution is 8.18. The van der Waals surface area contributed by atoms with E-state index >= 15 is 0 Å². The molecule has 0 spiro atoms. The molecular formula is C32H30ClN3O7S. The molecule has 0 radical (unpaired) electrons. The van der Waals surface area contributed by atoms with E-state index in [0.717, 1.165) is 16.2 Å². The van der Waals surface area contributed by atoms with Crippen LogP contribution >= 0.6 is 23.4 Å². The number of amides is 4. The number of carbonyl (C=O) groups is 5. The Morgan fingerprint density at radius 1 is 0.977 bits per heavy atom. The van der Waals surface area contributed by atoms with E-state index in [2.05, 4.69) is 10.6 Å². The summed E-state index contributed by atoms with van der Waals surface area (Å²) in [5.41, 5.74) is 2.72. The maximum absolute atomic E-state index is 12.9. The number of para-hydroxylation sites is 1. The van der Waals surface area contributed by atoms with Crippen molar-refractivity contribution in [2.45, 2.75) is 26.7 Å². The second kappa shape index (κ2) is 14.7. The number of carbonyl (C=O) groups excluding carboxylic acids is 5. The molecule has 1 saturated heterocycles. The first-order valence-electron chi connectivity index (χ1n) is 13.7. The molecule has 1 fully saturated rings. The summed E-state index contributed by atoms with van der Waals surface area (Å²) in [5.74, 6) is -1.48. The van der Waals surface area contributed by atoms with E-state index in [9.17, 15) is 24.0 Å². The van der Waals surface area contributed by atoms with Gasteiger partial charge in [0.25, 0.3) is 17.1 Å². The molecule has 44 heavy (non-hydrogen) atoms. The number of rotatable bonds is 11. The van der Waals surface area contributed by atoms with Crippen LogP contribution in [0.5, 0.6) is 5.75 Å². The number of anilines is 2. The molecule has 4 rings (SSSR count). The number of esters is 1. The molecule has 1 aliphatic heterocycles. The highest BCUT2D eigenvalue weighted by Crippen LogP contribution is 2.32. The summed E-state index contributed by atoms with van der Waals surface area (Å²) in [6, 6.07) is 18.5. The summed E-state index contributed by atoms with van der Waals surface area (Å²) < 4.78 is 10.6. The van der Waals surface area contributed by atoms with Crippen LogP contribution in [0.4, 0.5) is 16.2 Å². The highest BCUT2D eigenvalue weighted by atomic mass is 35.5. The molecular weight excluding hydrogens is 606 g/mol. The number of thioether (sulfide) groups is 1. The van der Waals surface area contributed by atoms with Crippen LogP contribution in [-0.4, -0.2) is 53.6 Å². The quantitative estimate of drug-likeness (QED) is 0.185. The van der Waals surface area contributed by atoms with Gasteiger partial charge in [-0.25, -0.2) is 4.79 Å². The predicted molar refractivity (Wildman–Crippen MR) is 170 cm³/mol. The largest absolute Gasteiger partial charge is 0.484 e. The number of nitrogens with zero attached hydrogens (tertiary/aromatic N) is 1. The van der Waals surface area contributed by atoms with Crippen molar-refractivity contribution >= 4 is 69.7 Å². The van der Waals surface area contributed by atoms with Gasteiger partial charge in [-0.05, 0) is 78.2 Å². The fraction of sp³-hybridized carbons (Fsp3) is 0.219. The smallest absolute Gasteiger partial charge is 0.339 e. The van der Waals surface area contributed by atoms with Gasteiger partial charge in [0.2, 0.25) is 5.91 Å². The molecule has 3 aromatic carbocycles. The molecule has 0 unspecified atom stereocenters. The molecule has 2 N–H and O–H groups in total. The van der Waals surface area contributed by atoms with Gasteiger partial charge in [-0.2, -0.15) is 0 Å². The minimum absolute atomic E-state index is 0.0764. The molecule has 1 aliphatic rings. The normalized spacial score (nSPS) is 13.8. The van der Waals surface area contributed by atoms with Gasteiger partial charge in [-0.3, -0.25) is 24.1 Å². The van der Waals surface area contributed by atoms with Crippen LogP contribution < -0.4 is 15.4 Å². The van der Waals surface area contributed by atoms with Crippen molar-refractivity contribution in [3.05, 3.63) is 93.3 Å². The topological polar surface area (TPSA) is 131 Å². The monoisotopic (exact) mass is 635 g/mol. The number of hydrogen-bond acceptors (Lipinski definition) is 8. The van der Waals surface area contributed by atoms with Gasteiger partial charge >= 0.3 is 5.97 Å². The van der Waals surface area contributed by atoms with Crippen molar-refractivity contribution in [2.75, 3.05) is 30.4 Å². The van der Waals surface area contributed by atoms with Crippen LogP contribution in [0, 0.1) is 0 Å². The number of halogens is 1. The van der Waals surface area contributed by atoms with E-state index in [1.54, 1.807) is 31.2 Å². The highest BCUT2D eigenvalue weighted by Gasteiger charge is 2.36. The first kappa shape index (κ1) is 32.3. The van der Waals surface area contributed by atoms with Gasteiger partial charge in [0.1, 0.15) is 12.3 Å². The fourth-order valence-electron chi connectivity index (χ4n) is 4.21. The number of ether oxygens (including phenoxy) is 2. The maximum atomic E-state index is 12.9. The number of hydrogen-bond donors (Lipinski definition) is 2. The van der Waals surface area contributed by atoms with Crippen LogP contribution in [0.15, 0.2) is 71.6 Å². The second-order valence-electron chi connectivity index (χ2n) is 9.88. The first-order valence-corrected chi connectivity index (χ1v) is 14.9. The lowest BCUT2D eigenvalue weighted by atomic mass is 10.0. The van der Waals surface area contributed by atoms with Crippen molar-refractivity contribution < 1.29 is 33.4 Å². The van der Waals surface area contributed by atoms with E-state index in [-0.39, 0.29) is 46.2 Å². The molecule has 0 saturated carbocycles. The average molecular weight is 636 g/mol. The lowest BCUT2D eigenvalue weighted by Gasteiger charge is -2.14.